The molecule has 0 saturated carbocycles. The van der Waals surface area contributed by atoms with E-state index >= 15 is 0 Å². The van der Waals surface area contributed by atoms with Gasteiger partial charge in [-0.2, -0.15) is 0 Å². The second-order valence-corrected chi connectivity index (χ2v) is 14.0. The number of nitro benzene ring substituents is 2. The number of nitrogens with zero attached hydrogens (tertiary/aromatic N) is 6. The summed E-state index contributed by atoms with van der Waals surface area (Å²) in [5.74, 6) is -0.00989. The Morgan fingerprint density at radius 1 is 0.750 bits per heavy atom. The molecule has 268 valence electrons. The van der Waals surface area contributed by atoms with Crippen LogP contribution in [0.3, 0.4) is 0 Å². The number of rotatable bonds is 13. The van der Waals surface area contributed by atoms with E-state index in [2.05, 4.69) is 9.97 Å². The van der Waals surface area contributed by atoms with Gasteiger partial charge in [-0.15, -0.1) is 0 Å². The minimum atomic E-state index is -0.991. The molecule has 52 heavy (non-hydrogen) atoms. The molecule has 6 rings (SSSR count). The highest BCUT2D eigenvalue weighted by atomic mass is 32.2. The molecule has 4 aromatic carbocycles. The number of non-ortho nitro benzene ring substituents is 2. The molecule has 2 heterocycles. The standard InChI is InChI=1S/C20H21N3O4S.C16H13N3O4S/c1-14(24)27-20(2,3)13-22-18-10-9-16(23(25)26)11-17(18)21-19(22)28-12-15-7-5-4-6-8-15;20-15(21)9-18-14-7-6-12(19(22)23)8-13(14)17-16(18)24-10-11-4-2-1-3-5-11/h4-11H,12-13H2,1-3H3;1-8H,9-10H2,(H,20,21). The monoisotopic (exact) mass is 742 g/mol. The predicted molar refractivity (Wildman–Crippen MR) is 198 cm³/mol. The van der Waals surface area contributed by atoms with Crippen molar-refractivity contribution in [2.24, 2.45) is 0 Å². The fourth-order valence-electron chi connectivity index (χ4n) is 5.33. The van der Waals surface area contributed by atoms with Crippen LogP contribution in [-0.4, -0.2) is 51.6 Å². The summed E-state index contributed by atoms with van der Waals surface area (Å²) in [6.07, 6.45) is 0. The summed E-state index contributed by atoms with van der Waals surface area (Å²) in [5, 5.41) is 32.4. The van der Waals surface area contributed by atoms with E-state index in [1.165, 1.54) is 49.0 Å². The van der Waals surface area contributed by atoms with Gasteiger partial charge < -0.3 is 19.0 Å². The van der Waals surface area contributed by atoms with Crippen molar-refractivity contribution < 1.29 is 29.3 Å². The zero-order chi connectivity index (χ0) is 37.4. The van der Waals surface area contributed by atoms with Gasteiger partial charge in [0.15, 0.2) is 10.3 Å². The topological polar surface area (TPSA) is 186 Å². The Hall–Kier alpha value is -5.74. The van der Waals surface area contributed by atoms with Gasteiger partial charge in [0.1, 0.15) is 12.1 Å². The van der Waals surface area contributed by atoms with Crippen molar-refractivity contribution in [1.29, 1.82) is 0 Å². The number of carboxylic acids is 1. The van der Waals surface area contributed by atoms with Crippen molar-refractivity contribution in [3.8, 4) is 0 Å². The van der Waals surface area contributed by atoms with Gasteiger partial charge in [-0.3, -0.25) is 29.8 Å². The van der Waals surface area contributed by atoms with Crippen LogP contribution in [0, 0.1) is 20.2 Å². The summed E-state index contributed by atoms with van der Waals surface area (Å²) in [7, 11) is 0. The third-order valence-electron chi connectivity index (χ3n) is 7.49. The molecule has 0 fully saturated rings. The van der Waals surface area contributed by atoms with Crippen LogP contribution in [0.15, 0.2) is 107 Å². The number of fused-ring (bicyclic) bond motifs is 2. The lowest BCUT2D eigenvalue weighted by Crippen LogP contribution is -2.32. The van der Waals surface area contributed by atoms with Crippen molar-refractivity contribution >= 4 is 68.9 Å². The molecule has 14 nitrogen and oxygen atoms in total. The first-order valence-corrected chi connectivity index (χ1v) is 17.8. The van der Waals surface area contributed by atoms with Crippen LogP contribution in [0.5, 0.6) is 0 Å². The number of hydrogen-bond acceptors (Lipinski definition) is 11. The van der Waals surface area contributed by atoms with Gasteiger partial charge in [-0.1, -0.05) is 84.2 Å². The van der Waals surface area contributed by atoms with E-state index in [1.807, 2.05) is 79.1 Å². The number of imidazole rings is 2. The molecule has 0 amide bonds. The molecule has 0 bridgehead atoms. The summed E-state index contributed by atoms with van der Waals surface area (Å²) in [6.45, 7) is 5.18. The predicted octanol–water partition coefficient (Wildman–Crippen LogP) is 7.90. The molecule has 0 saturated heterocycles. The second-order valence-electron chi connectivity index (χ2n) is 12.1. The third kappa shape index (κ3) is 9.73. The minimum Gasteiger partial charge on any atom is -0.480 e. The van der Waals surface area contributed by atoms with E-state index in [1.54, 1.807) is 22.4 Å². The number of aromatic nitrogens is 4. The minimum absolute atomic E-state index is 0.00370. The van der Waals surface area contributed by atoms with Crippen LogP contribution in [0.25, 0.3) is 22.1 Å². The van der Waals surface area contributed by atoms with Gasteiger partial charge in [-0.05, 0) is 37.1 Å². The SMILES string of the molecule is CC(=O)OC(C)(C)Cn1c(SCc2ccccc2)nc2cc([N+](=O)[O-])ccc21.O=C(O)Cn1c(SCc2ccccc2)nc2cc([N+](=O)[O-])ccc21. The molecule has 0 unspecified atom stereocenters. The van der Waals surface area contributed by atoms with Crippen LogP contribution in [0.4, 0.5) is 11.4 Å². The highest BCUT2D eigenvalue weighted by molar-refractivity contribution is 7.98. The van der Waals surface area contributed by atoms with Crippen LogP contribution >= 0.6 is 23.5 Å². The Labute approximate surface area is 306 Å². The zero-order valence-corrected chi connectivity index (χ0v) is 30.0. The number of benzene rings is 4. The third-order valence-corrected chi connectivity index (χ3v) is 9.58. The van der Waals surface area contributed by atoms with Crippen LogP contribution in [0.2, 0.25) is 0 Å². The van der Waals surface area contributed by atoms with Crippen LogP contribution < -0.4 is 0 Å². The van der Waals surface area contributed by atoms with E-state index in [4.69, 9.17) is 9.84 Å². The summed E-state index contributed by atoms with van der Waals surface area (Å²) in [5.41, 5.74) is 3.71. The highest BCUT2D eigenvalue weighted by Crippen LogP contribution is 2.32. The van der Waals surface area contributed by atoms with Gasteiger partial charge in [0.2, 0.25) is 0 Å². The highest BCUT2D eigenvalue weighted by Gasteiger charge is 2.26. The number of nitro groups is 2. The first-order chi connectivity index (χ1) is 24.8. The van der Waals surface area contributed by atoms with Gasteiger partial charge in [-0.25, -0.2) is 9.97 Å². The molecule has 0 aliphatic carbocycles. The molecule has 0 atom stereocenters. The van der Waals surface area contributed by atoms with Crippen LogP contribution in [0.1, 0.15) is 31.9 Å². The number of carbonyl (C=O) groups excluding carboxylic acids is 1. The Kier molecular flexibility index (Phi) is 11.9. The Morgan fingerprint density at radius 3 is 1.62 bits per heavy atom. The molecule has 0 spiro atoms. The van der Waals surface area contributed by atoms with Gasteiger partial charge in [0, 0.05) is 42.7 Å². The molecular formula is C36H34N6O8S2. The summed E-state index contributed by atoms with van der Waals surface area (Å²) in [6, 6.07) is 28.6. The number of aliphatic carboxylic acids is 1. The van der Waals surface area contributed by atoms with Crippen molar-refractivity contribution in [2.45, 2.75) is 61.3 Å². The number of thioether (sulfide) groups is 2. The quantitative estimate of drug-likeness (QED) is 0.0523. The second kappa shape index (κ2) is 16.5. The molecular weight excluding hydrogens is 709 g/mol. The van der Waals surface area contributed by atoms with E-state index in [0.717, 1.165) is 21.8 Å². The Bertz CT molecular complexity index is 2240. The summed E-state index contributed by atoms with van der Waals surface area (Å²) in [4.78, 5) is 52.7. The number of hydrogen-bond donors (Lipinski definition) is 1. The molecule has 6 aromatic rings. The summed E-state index contributed by atoms with van der Waals surface area (Å²) >= 11 is 2.94. The molecule has 0 radical (unpaired) electrons. The van der Waals surface area contributed by atoms with E-state index in [9.17, 15) is 29.8 Å². The van der Waals surface area contributed by atoms with Crippen LogP contribution in [-0.2, 0) is 38.9 Å². The number of carbonyl (C=O) groups is 2. The maximum absolute atomic E-state index is 11.4. The van der Waals surface area contributed by atoms with Crippen molar-refractivity contribution in [2.75, 3.05) is 0 Å². The Balaban J connectivity index is 0.000000203. The fourth-order valence-corrected chi connectivity index (χ4v) is 7.27. The van der Waals surface area contributed by atoms with E-state index < -0.39 is 21.4 Å². The maximum Gasteiger partial charge on any atom is 0.323 e. The molecule has 1 N–H and O–H groups in total. The fraction of sp³-hybridized carbons (Fsp3) is 0.222. The molecule has 0 aliphatic rings. The molecule has 2 aromatic heterocycles. The largest absolute Gasteiger partial charge is 0.480 e. The smallest absolute Gasteiger partial charge is 0.323 e. The average Bonchev–Trinajstić information content (AvgIpc) is 3.62. The van der Waals surface area contributed by atoms with Crippen molar-refractivity contribution in [3.05, 3.63) is 128 Å². The normalized spacial score (nSPS) is 11.2. The summed E-state index contributed by atoms with van der Waals surface area (Å²) < 4.78 is 8.95. The van der Waals surface area contributed by atoms with Gasteiger partial charge in [0.25, 0.3) is 11.4 Å². The number of esters is 1. The first kappa shape index (κ1) is 37.5. The van der Waals surface area contributed by atoms with Crippen molar-refractivity contribution in [1.82, 2.24) is 19.1 Å². The zero-order valence-electron chi connectivity index (χ0n) is 28.4. The molecule has 0 aliphatic heterocycles. The molecule has 16 heteroatoms. The lowest BCUT2D eigenvalue weighted by atomic mass is 10.1. The van der Waals surface area contributed by atoms with E-state index in [0.29, 0.717) is 39.8 Å². The lowest BCUT2D eigenvalue weighted by Gasteiger charge is -2.26. The Morgan fingerprint density at radius 2 is 1.19 bits per heavy atom. The lowest BCUT2D eigenvalue weighted by molar-refractivity contribution is -0.384. The first-order valence-electron chi connectivity index (χ1n) is 15.8. The number of carboxylic acid groups (broad SMARTS) is 1. The van der Waals surface area contributed by atoms with Crippen molar-refractivity contribution in [3.63, 3.8) is 0 Å². The van der Waals surface area contributed by atoms with Gasteiger partial charge >= 0.3 is 11.9 Å². The average molecular weight is 743 g/mol. The maximum atomic E-state index is 11.4. The number of ether oxygens (including phenoxy) is 1. The van der Waals surface area contributed by atoms with Gasteiger partial charge in [0.05, 0.1) is 38.5 Å². The van der Waals surface area contributed by atoms with E-state index in [-0.39, 0.29) is 23.9 Å².